The zero-order valence-electron chi connectivity index (χ0n) is 12.0. The van der Waals surface area contributed by atoms with Crippen LogP contribution in [-0.2, 0) is 12.7 Å². The van der Waals surface area contributed by atoms with Gasteiger partial charge in [-0.15, -0.1) is 0 Å². The summed E-state index contributed by atoms with van der Waals surface area (Å²) in [5, 5.41) is 3.23. The molecule has 20 heavy (non-hydrogen) atoms. The van der Waals surface area contributed by atoms with Gasteiger partial charge in [-0.25, -0.2) is 0 Å². The van der Waals surface area contributed by atoms with E-state index >= 15 is 0 Å². The van der Waals surface area contributed by atoms with Crippen LogP contribution in [-0.4, -0.2) is 17.2 Å². The van der Waals surface area contributed by atoms with Gasteiger partial charge in [0.2, 0.25) is 0 Å². The summed E-state index contributed by atoms with van der Waals surface area (Å²) in [7, 11) is 0. The lowest BCUT2D eigenvalue weighted by atomic mass is 9.99. The van der Waals surface area contributed by atoms with Gasteiger partial charge in [0, 0.05) is 24.8 Å². The quantitative estimate of drug-likeness (QED) is 0.874. The van der Waals surface area contributed by atoms with Crippen LogP contribution in [0.4, 0.5) is 13.2 Å². The maximum atomic E-state index is 12.7. The summed E-state index contributed by atoms with van der Waals surface area (Å²) in [5.41, 5.74) is -1.21. The van der Waals surface area contributed by atoms with Crippen LogP contribution in [0.1, 0.15) is 32.8 Å². The van der Waals surface area contributed by atoms with Crippen LogP contribution in [0.15, 0.2) is 23.1 Å². The molecule has 1 heterocycles. The summed E-state index contributed by atoms with van der Waals surface area (Å²) in [6.45, 7) is 6.93. The smallest absolute Gasteiger partial charge is 0.313 e. The average Bonchev–Trinajstić information content (AvgIpc) is 2.38. The van der Waals surface area contributed by atoms with Gasteiger partial charge in [0.25, 0.3) is 5.56 Å². The molecule has 0 spiro atoms. The molecule has 0 aliphatic rings. The number of alkyl halides is 3. The number of halogens is 3. The fourth-order valence-corrected chi connectivity index (χ4v) is 2.05. The Morgan fingerprint density at radius 1 is 1.30 bits per heavy atom. The third kappa shape index (κ3) is 4.37. The maximum absolute atomic E-state index is 12.7. The van der Waals surface area contributed by atoms with Crippen molar-refractivity contribution in [1.82, 2.24) is 9.88 Å². The van der Waals surface area contributed by atoms with E-state index in [1.165, 1.54) is 0 Å². The number of hydrogen-bond donors (Lipinski definition) is 1. The van der Waals surface area contributed by atoms with E-state index in [0.717, 1.165) is 29.3 Å². The number of rotatable bonds is 6. The SMILES string of the molecule is CCNC(Cn1cc(C(F)(F)F)ccc1=O)C(C)CC. The van der Waals surface area contributed by atoms with Crippen molar-refractivity contribution >= 4 is 0 Å². The molecule has 0 amide bonds. The molecule has 0 saturated carbocycles. The Bertz CT molecular complexity index is 482. The molecule has 2 atom stereocenters. The summed E-state index contributed by atoms with van der Waals surface area (Å²) >= 11 is 0. The van der Waals surface area contributed by atoms with E-state index in [4.69, 9.17) is 0 Å². The zero-order chi connectivity index (χ0) is 15.3. The van der Waals surface area contributed by atoms with Crippen LogP contribution >= 0.6 is 0 Å². The molecule has 0 bridgehead atoms. The van der Waals surface area contributed by atoms with Crippen molar-refractivity contribution in [3.8, 4) is 0 Å². The van der Waals surface area contributed by atoms with E-state index in [2.05, 4.69) is 5.32 Å². The van der Waals surface area contributed by atoms with Crippen LogP contribution < -0.4 is 10.9 Å². The summed E-state index contributed by atoms with van der Waals surface area (Å²) in [6.07, 6.45) is -2.64. The molecule has 1 aromatic heterocycles. The summed E-state index contributed by atoms with van der Waals surface area (Å²) in [4.78, 5) is 11.7. The average molecular weight is 290 g/mol. The van der Waals surface area contributed by atoms with Gasteiger partial charge in [-0.3, -0.25) is 4.79 Å². The molecule has 0 aromatic carbocycles. The summed E-state index contributed by atoms with van der Waals surface area (Å²) in [6, 6.07) is 1.78. The van der Waals surface area contributed by atoms with Crippen molar-refractivity contribution in [2.24, 2.45) is 5.92 Å². The van der Waals surface area contributed by atoms with E-state index < -0.39 is 17.3 Å². The maximum Gasteiger partial charge on any atom is 0.417 e. The minimum atomic E-state index is -4.43. The van der Waals surface area contributed by atoms with Gasteiger partial charge in [-0.2, -0.15) is 13.2 Å². The highest BCUT2D eigenvalue weighted by Crippen LogP contribution is 2.28. The molecule has 0 radical (unpaired) electrons. The predicted molar refractivity (Wildman–Crippen MR) is 72.6 cm³/mol. The van der Waals surface area contributed by atoms with Gasteiger partial charge in [0.1, 0.15) is 0 Å². The van der Waals surface area contributed by atoms with E-state index in [1.807, 2.05) is 20.8 Å². The van der Waals surface area contributed by atoms with Crippen molar-refractivity contribution in [2.45, 2.75) is 46.0 Å². The van der Waals surface area contributed by atoms with E-state index in [9.17, 15) is 18.0 Å². The lowest BCUT2D eigenvalue weighted by molar-refractivity contribution is -0.138. The standard InChI is InChI=1S/C14H21F3N2O/c1-4-10(3)12(18-5-2)9-19-8-11(14(15,16)17)6-7-13(19)20/h6-8,10,12,18H,4-5,9H2,1-3H3. The Morgan fingerprint density at radius 3 is 2.45 bits per heavy atom. The molecule has 0 saturated heterocycles. The lowest BCUT2D eigenvalue weighted by Gasteiger charge is -2.25. The number of pyridine rings is 1. The molecule has 0 fully saturated rings. The molecule has 6 heteroatoms. The number of likely N-dealkylation sites (N-methyl/N-ethyl adjacent to an activating group) is 1. The summed E-state index contributed by atoms with van der Waals surface area (Å²) < 4.78 is 39.2. The molecule has 1 aromatic rings. The molecule has 1 rings (SSSR count). The van der Waals surface area contributed by atoms with Gasteiger partial charge < -0.3 is 9.88 Å². The highest BCUT2D eigenvalue weighted by Gasteiger charge is 2.31. The Labute approximate surface area is 116 Å². The van der Waals surface area contributed by atoms with Gasteiger partial charge in [0.15, 0.2) is 0 Å². The Balaban J connectivity index is 3.03. The Hall–Kier alpha value is -1.30. The largest absolute Gasteiger partial charge is 0.417 e. The van der Waals surface area contributed by atoms with Crippen molar-refractivity contribution < 1.29 is 13.2 Å². The fraction of sp³-hybridized carbons (Fsp3) is 0.643. The van der Waals surface area contributed by atoms with E-state index in [-0.39, 0.29) is 18.5 Å². The first kappa shape index (κ1) is 16.8. The van der Waals surface area contributed by atoms with Crippen molar-refractivity contribution in [2.75, 3.05) is 6.54 Å². The predicted octanol–water partition coefficient (Wildman–Crippen LogP) is 2.89. The lowest BCUT2D eigenvalue weighted by Crippen LogP contribution is -2.40. The highest BCUT2D eigenvalue weighted by molar-refractivity contribution is 5.13. The number of nitrogens with one attached hydrogen (secondary N) is 1. The van der Waals surface area contributed by atoms with E-state index in [0.29, 0.717) is 6.54 Å². The first-order valence-electron chi connectivity index (χ1n) is 6.80. The Morgan fingerprint density at radius 2 is 1.95 bits per heavy atom. The second-order valence-corrected chi connectivity index (χ2v) is 4.96. The van der Waals surface area contributed by atoms with Crippen molar-refractivity contribution in [1.29, 1.82) is 0 Å². The van der Waals surface area contributed by atoms with Gasteiger partial charge >= 0.3 is 6.18 Å². The molecule has 114 valence electrons. The van der Waals surface area contributed by atoms with Crippen molar-refractivity contribution in [3.05, 3.63) is 34.2 Å². The van der Waals surface area contributed by atoms with Gasteiger partial charge in [-0.1, -0.05) is 27.2 Å². The first-order chi connectivity index (χ1) is 9.29. The number of hydrogen-bond acceptors (Lipinski definition) is 2. The van der Waals surface area contributed by atoms with Gasteiger partial charge in [0.05, 0.1) is 5.56 Å². The van der Waals surface area contributed by atoms with Crippen LogP contribution in [0.5, 0.6) is 0 Å². The second kappa shape index (κ2) is 6.92. The monoisotopic (exact) mass is 290 g/mol. The molecular formula is C14H21F3N2O. The fourth-order valence-electron chi connectivity index (χ4n) is 2.05. The third-order valence-corrected chi connectivity index (χ3v) is 3.50. The van der Waals surface area contributed by atoms with Crippen molar-refractivity contribution in [3.63, 3.8) is 0 Å². The van der Waals surface area contributed by atoms with Gasteiger partial charge in [-0.05, 0) is 18.5 Å². The molecule has 0 aliphatic carbocycles. The third-order valence-electron chi connectivity index (χ3n) is 3.50. The van der Waals surface area contributed by atoms with E-state index in [1.54, 1.807) is 0 Å². The second-order valence-electron chi connectivity index (χ2n) is 4.96. The van der Waals surface area contributed by atoms with Crippen LogP contribution in [0.2, 0.25) is 0 Å². The minimum absolute atomic E-state index is 0.0221. The minimum Gasteiger partial charge on any atom is -0.313 e. The molecular weight excluding hydrogens is 269 g/mol. The Kier molecular flexibility index (Phi) is 5.80. The molecule has 1 N–H and O–H groups in total. The van der Waals surface area contributed by atoms with Crippen LogP contribution in [0.3, 0.4) is 0 Å². The number of aromatic nitrogens is 1. The molecule has 2 unspecified atom stereocenters. The normalized spacial score (nSPS) is 15.1. The highest BCUT2D eigenvalue weighted by atomic mass is 19.4. The molecule has 0 aliphatic heterocycles. The first-order valence-corrected chi connectivity index (χ1v) is 6.80. The van der Waals surface area contributed by atoms with Crippen LogP contribution in [0.25, 0.3) is 0 Å². The zero-order valence-corrected chi connectivity index (χ0v) is 12.0. The molecule has 3 nitrogen and oxygen atoms in total. The number of nitrogens with zero attached hydrogens (tertiary/aromatic N) is 1. The van der Waals surface area contributed by atoms with Crippen LogP contribution in [0, 0.1) is 5.92 Å². The topological polar surface area (TPSA) is 34.0 Å². The summed E-state index contributed by atoms with van der Waals surface area (Å²) in [5.74, 6) is 0.274.